The molecule has 2 saturated heterocycles. The first-order valence-electron chi connectivity index (χ1n) is 45.3. The van der Waals surface area contributed by atoms with Gasteiger partial charge in [0.1, 0.15) is 34.8 Å². The first-order chi connectivity index (χ1) is 62.5. The summed E-state index contributed by atoms with van der Waals surface area (Å²) in [7, 11) is 0.420. The molecule has 35 nitrogen and oxygen atoms in total. The third-order valence-corrected chi connectivity index (χ3v) is 36.5. The maximum Gasteiger partial charge on any atom is 0.326 e. The van der Waals surface area contributed by atoms with Gasteiger partial charge in [-0.3, -0.25) is 38.8 Å². The second-order valence-electron chi connectivity index (χ2n) is 36.5. The average molecular weight is 1880 g/mol. The van der Waals surface area contributed by atoms with Gasteiger partial charge < -0.3 is 88.7 Å². The number of thioether (sulfide) groups is 1. The van der Waals surface area contributed by atoms with Crippen LogP contribution in [0.15, 0.2) is 108 Å². The van der Waals surface area contributed by atoms with E-state index in [2.05, 4.69) is 119 Å². The van der Waals surface area contributed by atoms with E-state index >= 15 is 9.59 Å². The van der Waals surface area contributed by atoms with Gasteiger partial charge in [-0.2, -0.15) is 18.5 Å². The maximum absolute atomic E-state index is 15.7. The van der Waals surface area contributed by atoms with E-state index in [1.54, 1.807) is 48.1 Å². The Bertz CT molecular complexity index is 5390. The van der Waals surface area contributed by atoms with Crippen LogP contribution >= 0.6 is 25.3 Å². The number of carboxylic acid groups (broad SMARTS) is 1. The molecular formula is C92H128N16O19S2Si2. The molecule has 11 atom stereocenters. The number of rotatable bonds is 48. The van der Waals surface area contributed by atoms with Crippen LogP contribution in [0.1, 0.15) is 141 Å². The summed E-state index contributed by atoms with van der Waals surface area (Å²) < 4.78 is 55.3. The number of methoxy groups -OCH3 is 2. The van der Waals surface area contributed by atoms with Gasteiger partial charge in [-0.25, -0.2) is 29.4 Å². The predicted molar refractivity (Wildman–Crippen MR) is 503 cm³/mol. The Morgan fingerprint density at radius 2 is 1.47 bits per heavy atom. The van der Waals surface area contributed by atoms with Crippen LogP contribution in [0.4, 0.5) is 17.3 Å². The summed E-state index contributed by atoms with van der Waals surface area (Å²) in [6.45, 7) is 21.2. The number of fused-ring (bicyclic) bond motifs is 7. The van der Waals surface area contributed by atoms with Crippen LogP contribution in [0.5, 0.6) is 5.75 Å². The Labute approximate surface area is 776 Å². The lowest BCUT2D eigenvalue weighted by atomic mass is 9.47. The number of aliphatic carboxylic acids is 1. The number of aromatic nitrogens is 10. The number of piperidine rings is 1. The SMILES string of the molecule is CC[C@]1(O)C[C@@H]2CN(CCc3c([nH]c4ccccc34)[C@@](C(=O)OC)(c3cc4c(cc3OC)N(C)[C@H]3[C@@](O)(C(=O)CCCC[Si](C)(C)O[Si](C)(C)CSc5ncc(Cn6cc(COCCOCCOCCOCCOCCOCCCC(=O)CC[C@H](NC(=O)c7ccc(NCc8cnc9nc(N)[nH]c(=O)c9n8)cc7)C(=O)O)nn6)cn5)[C@H](O)[C@]5(CC)C=CCN6CC[C@]43[C@@H]65)C2)C1.S. The molecule has 710 valence electrons. The number of nitrogens with zero attached hydrogens (tertiary/aromatic N) is 11. The molecule has 3 fully saturated rings. The Morgan fingerprint density at radius 3 is 2.16 bits per heavy atom. The zero-order chi connectivity index (χ0) is 92.2. The lowest BCUT2D eigenvalue weighted by Crippen LogP contribution is -2.80. The predicted octanol–water partition coefficient (Wildman–Crippen LogP) is 8.12. The molecule has 0 radical (unpaired) electrons. The van der Waals surface area contributed by atoms with E-state index in [9.17, 15) is 39.6 Å². The van der Waals surface area contributed by atoms with Gasteiger partial charge in [0.25, 0.3) is 11.5 Å². The number of nitrogens with one attached hydrogen (secondary N) is 4. The molecule has 3 aromatic carbocycles. The molecule has 39 heteroatoms. The number of hydrogen-bond acceptors (Lipinski definition) is 31. The number of likely N-dealkylation sites (N-methyl/N-ethyl adjacent to an activating group) is 1. The Balaban J connectivity index is 0.0000146. The first kappa shape index (κ1) is 99.5. The van der Waals surface area contributed by atoms with Crippen molar-refractivity contribution in [1.82, 2.24) is 65.0 Å². The number of nitrogens with two attached hydrogens (primary N) is 1. The van der Waals surface area contributed by atoms with E-state index in [1.807, 2.05) is 43.3 Å². The van der Waals surface area contributed by atoms with E-state index in [4.69, 9.17) is 57.7 Å². The smallest absolute Gasteiger partial charge is 0.326 e. The summed E-state index contributed by atoms with van der Waals surface area (Å²) in [5.74, 6) is -2.53. The number of ether oxygens (including phenoxy) is 8. The van der Waals surface area contributed by atoms with Gasteiger partial charge >= 0.3 is 11.9 Å². The van der Waals surface area contributed by atoms with Crippen LogP contribution in [0.25, 0.3) is 22.1 Å². The molecule has 5 aromatic heterocycles. The number of aliphatic hydroxyl groups is 3. The summed E-state index contributed by atoms with van der Waals surface area (Å²) in [6, 6.07) is 17.0. The number of amides is 1. The molecule has 1 spiro atoms. The van der Waals surface area contributed by atoms with Crippen LogP contribution in [0, 0.1) is 11.3 Å². The van der Waals surface area contributed by atoms with Crippen molar-refractivity contribution >= 4 is 111 Å². The molecule has 6 aliphatic rings. The highest BCUT2D eigenvalue weighted by molar-refractivity contribution is 8.00. The normalized spacial score (nSPS) is 23.5. The number of esters is 1. The van der Waals surface area contributed by atoms with Crippen LogP contribution in [0.3, 0.4) is 0 Å². The van der Waals surface area contributed by atoms with Crippen molar-refractivity contribution in [3.8, 4) is 5.75 Å². The van der Waals surface area contributed by atoms with Crippen molar-refractivity contribution in [3.05, 3.63) is 153 Å². The molecule has 1 amide bonds. The molecule has 8 aromatic rings. The third kappa shape index (κ3) is 22.2. The van der Waals surface area contributed by atoms with Crippen molar-refractivity contribution < 1.29 is 86.4 Å². The number of carbonyl (C=O) groups is 5. The topological polar surface area (TPSA) is 453 Å². The van der Waals surface area contributed by atoms with Crippen LogP contribution in [-0.4, -0.2) is 294 Å². The molecular weight excluding hydrogens is 1750 g/mol. The van der Waals surface area contributed by atoms with Gasteiger partial charge in [-0.15, -0.1) is 5.10 Å². The Morgan fingerprint density at radius 1 is 0.771 bits per heavy atom. The molecule has 1 unspecified atom stereocenters. The summed E-state index contributed by atoms with van der Waals surface area (Å²) >= 11 is 1.58. The van der Waals surface area contributed by atoms with Gasteiger partial charge in [0, 0.05) is 144 Å². The number of nitrogen functional groups attached to an aromatic ring is 1. The van der Waals surface area contributed by atoms with Gasteiger partial charge in [-0.05, 0) is 150 Å². The van der Waals surface area contributed by atoms with E-state index in [0.29, 0.717) is 203 Å². The Hall–Kier alpha value is -9.02. The highest BCUT2D eigenvalue weighted by Gasteiger charge is 2.78. The minimum Gasteiger partial charge on any atom is -0.496 e. The van der Waals surface area contributed by atoms with Gasteiger partial charge in [0.2, 0.25) is 5.95 Å². The maximum atomic E-state index is 15.7. The number of hydrogen-bond donors (Lipinski definition) is 9. The van der Waals surface area contributed by atoms with E-state index in [-0.39, 0.29) is 98.5 Å². The van der Waals surface area contributed by atoms with Crippen molar-refractivity contribution in [2.75, 3.05) is 148 Å². The quantitative estimate of drug-likeness (QED) is 0.00434. The number of anilines is 3. The molecule has 14 rings (SSSR count). The molecule has 10 heterocycles. The van der Waals surface area contributed by atoms with Crippen LogP contribution in [-0.2, 0) is 93.4 Å². The van der Waals surface area contributed by atoms with E-state index in [1.165, 1.54) is 25.4 Å². The molecule has 2 bridgehead atoms. The van der Waals surface area contributed by atoms with E-state index < -0.39 is 85.7 Å². The molecule has 1 saturated carbocycles. The summed E-state index contributed by atoms with van der Waals surface area (Å²) in [4.78, 5) is 116. The number of ketones is 2. The molecule has 10 N–H and O–H groups in total. The van der Waals surface area contributed by atoms with Crippen molar-refractivity contribution in [2.45, 2.75) is 201 Å². The second kappa shape index (κ2) is 43.5. The number of carbonyl (C=O) groups excluding carboxylic acids is 4. The first-order valence-corrected chi connectivity index (χ1v) is 52.6. The fourth-order valence-corrected chi connectivity index (χ4v) is 31.3. The lowest BCUT2D eigenvalue weighted by molar-refractivity contribution is -0.202. The number of benzene rings is 3. The monoisotopic (exact) mass is 1880 g/mol. The average Bonchev–Trinajstić information content (AvgIpc) is 1.47. The fraction of sp³-hybridized carbons (Fsp3) is 0.576. The highest BCUT2D eigenvalue weighted by Crippen LogP contribution is 2.68. The Kier molecular flexibility index (Phi) is 33.1. The van der Waals surface area contributed by atoms with E-state index in [0.717, 1.165) is 50.4 Å². The molecule has 131 heavy (non-hydrogen) atoms. The van der Waals surface area contributed by atoms with Crippen LogP contribution in [0.2, 0.25) is 32.2 Å². The van der Waals surface area contributed by atoms with Crippen LogP contribution < -0.4 is 31.6 Å². The third-order valence-electron chi connectivity index (χ3n) is 26.7. The van der Waals surface area contributed by atoms with Gasteiger partial charge in [0.15, 0.2) is 44.3 Å². The lowest BCUT2D eigenvalue weighted by Gasteiger charge is -2.63. The number of Topliss-reactive ketones (excluding diaryl/α,β-unsaturated/α-hetero) is 2. The largest absolute Gasteiger partial charge is 0.496 e. The number of carboxylic acids is 1. The zero-order valence-corrected chi connectivity index (χ0v) is 80.3. The number of para-hydroxylation sites is 1. The number of aliphatic hydroxyl groups excluding tert-OH is 1. The standard InChI is InChI=1S/C92H126N16O19SSi2.H2S/c1-10-88(117)48-60-49-91(85(116)120-5,77-68(28-32-106(54-60)58-88)67-19-12-13-20-71(67)99-77)70-46-69-73(47-74(70)119-4)105(3)83-90(69)30-33-107-31-17-29-89(11-2,82(90)107)84(115)92(83,118)75(110)21-14-15-45-129(6,7)127-130(8,9)59-128-87-96-50-61(51-97-87)55-108-56-65(103-104-108)57-126-44-43-125-42-41-124-40-39-123-38-37-122-36-35-121-34-16-18-66(109)26-27-72(81(113)114)100-79(111)62-22-24-63(25-23-62)94-52-64-53-95-78-76(98-64)80(112)102-86(93)101-78;/h12-13,17,19-20,22-25,29,46-47,50-51,53,56,60,72,82-84,94,99,115,117-118H,10-11,14-16,18,21,26-28,30-45,48-49,52,54-55,57-59H2,1-9H3,(H,100,111)(H,113,114)(H3,93,95,101,102,112);1H2/t60-,72-,82-,83+,84+,88-,89+,90+,91-,92-;/m0./s1. The van der Waals surface area contributed by atoms with Gasteiger partial charge in [0.05, 0.1) is 130 Å². The minimum atomic E-state index is -2.31. The zero-order valence-electron chi connectivity index (χ0n) is 76.5. The van der Waals surface area contributed by atoms with Crippen molar-refractivity contribution in [1.29, 1.82) is 0 Å². The summed E-state index contributed by atoms with van der Waals surface area (Å²) in [6.07, 6.45) is 14.6. The summed E-state index contributed by atoms with van der Waals surface area (Å²) in [5, 5.41) is 65.9. The minimum absolute atomic E-state index is 0. The number of unbranched alkanes of at least 4 members (excludes halogenated alkanes) is 1. The molecule has 1 aliphatic carbocycles. The number of aromatic amines is 2. The second-order valence-corrected chi connectivity index (χ2v) is 46.7. The van der Waals surface area contributed by atoms with Gasteiger partial charge in [-0.1, -0.05) is 67.6 Å². The van der Waals surface area contributed by atoms with Crippen molar-refractivity contribution in [2.24, 2.45) is 11.3 Å². The highest BCUT2D eigenvalue weighted by atomic mass is 32.2. The van der Waals surface area contributed by atoms with Crippen molar-refractivity contribution in [3.63, 3.8) is 0 Å². The summed E-state index contributed by atoms with van der Waals surface area (Å²) in [5.41, 5.74) is 6.58. The number of H-pyrrole nitrogens is 2. The fourth-order valence-electron chi connectivity index (χ4n) is 20.9. The molecule has 5 aliphatic heterocycles.